The molecule has 1 fully saturated rings. The lowest BCUT2D eigenvalue weighted by Crippen LogP contribution is -2.58. The predicted molar refractivity (Wildman–Crippen MR) is 62.6 cm³/mol. The van der Waals surface area contributed by atoms with Crippen molar-refractivity contribution < 1.29 is 14.1 Å². The van der Waals surface area contributed by atoms with Crippen molar-refractivity contribution in [3.8, 4) is 0 Å². The molecule has 0 atom stereocenters. The molecule has 4 heteroatoms. The molecule has 0 spiro atoms. The molecule has 0 bridgehead atoms. The summed E-state index contributed by atoms with van der Waals surface area (Å²) in [5, 5.41) is 0. The van der Waals surface area contributed by atoms with Gasteiger partial charge in [-0.15, -0.1) is 0 Å². The molecule has 1 aliphatic rings. The van der Waals surface area contributed by atoms with E-state index in [-0.39, 0.29) is 11.7 Å². The normalized spacial score (nSPS) is 17.1. The highest BCUT2D eigenvalue weighted by Crippen LogP contribution is 2.30. The molecule has 1 aliphatic heterocycles. The molecule has 0 amide bonds. The molecule has 1 saturated heterocycles. The van der Waals surface area contributed by atoms with Crippen LogP contribution in [-0.4, -0.2) is 19.7 Å². The van der Waals surface area contributed by atoms with E-state index >= 15 is 0 Å². The fourth-order valence-corrected chi connectivity index (χ4v) is 1.62. The molecule has 0 unspecified atom stereocenters. The van der Waals surface area contributed by atoms with Crippen molar-refractivity contribution in [2.24, 2.45) is 5.41 Å². The summed E-state index contributed by atoms with van der Waals surface area (Å²) in [6.07, 6.45) is 0.629. The van der Waals surface area contributed by atoms with Crippen LogP contribution in [0.15, 0.2) is 24.3 Å². The van der Waals surface area contributed by atoms with Crippen molar-refractivity contribution >= 4 is 18.9 Å². The van der Waals surface area contributed by atoms with E-state index in [0.717, 1.165) is 11.7 Å². The van der Waals surface area contributed by atoms with Crippen molar-refractivity contribution in [1.82, 2.24) is 0 Å². The molecule has 0 aliphatic carbocycles. The van der Waals surface area contributed by atoms with Crippen LogP contribution >= 0.6 is 0 Å². The van der Waals surface area contributed by atoms with Gasteiger partial charge in [0.05, 0.1) is 0 Å². The van der Waals surface area contributed by atoms with Gasteiger partial charge in [-0.05, 0) is 5.46 Å². The van der Waals surface area contributed by atoms with Gasteiger partial charge in [-0.2, -0.15) is 0 Å². The minimum absolute atomic E-state index is 0.0351. The molecule has 0 radical (unpaired) electrons. The van der Waals surface area contributed by atoms with Crippen LogP contribution in [-0.2, 0) is 9.31 Å². The van der Waals surface area contributed by atoms with Gasteiger partial charge in [0.25, 0.3) is 0 Å². The molecular weight excluding hydrogens is 203 g/mol. The lowest BCUT2D eigenvalue weighted by molar-refractivity contribution is -0.167. The lowest BCUT2D eigenvalue weighted by Gasteiger charge is -2.42. The van der Waals surface area contributed by atoms with Gasteiger partial charge in [0.2, 0.25) is 0 Å². The van der Waals surface area contributed by atoms with E-state index in [1.165, 1.54) is 0 Å². The molecule has 1 aromatic rings. The largest absolute Gasteiger partial charge is 0.498 e. The highest BCUT2D eigenvalue weighted by molar-refractivity contribution is 6.64. The van der Waals surface area contributed by atoms with Gasteiger partial charge >= 0.3 is 7.12 Å². The Labute approximate surface area is 95.9 Å². The number of aldehydes is 1. The molecule has 2 rings (SSSR count). The van der Waals surface area contributed by atoms with E-state index in [1.807, 2.05) is 18.2 Å². The Hall–Kier alpha value is -1.13. The predicted octanol–water partition coefficient (Wildman–Crippen LogP) is 1.61. The molecule has 3 nitrogen and oxygen atoms in total. The van der Waals surface area contributed by atoms with Gasteiger partial charge < -0.3 is 9.31 Å². The third-order valence-corrected chi connectivity index (χ3v) is 2.58. The molecular formula is C12H15BO3. The Morgan fingerprint density at radius 3 is 2.44 bits per heavy atom. The monoisotopic (exact) mass is 218 g/mol. The summed E-state index contributed by atoms with van der Waals surface area (Å²) in [6.45, 7) is 6.17. The fourth-order valence-electron chi connectivity index (χ4n) is 1.62. The number of hydrogen-bond acceptors (Lipinski definition) is 3. The van der Waals surface area contributed by atoms with E-state index in [1.54, 1.807) is 6.07 Å². The smallest absolute Gasteiger partial charge is 0.382 e. The topological polar surface area (TPSA) is 35.5 Å². The maximum atomic E-state index is 10.8. The van der Waals surface area contributed by atoms with Crippen LogP contribution in [0.5, 0.6) is 0 Å². The third kappa shape index (κ3) is 2.03. The first-order valence-corrected chi connectivity index (χ1v) is 5.37. The maximum absolute atomic E-state index is 10.8. The molecule has 0 saturated carbocycles. The van der Waals surface area contributed by atoms with Crippen LogP contribution in [0, 0.1) is 5.41 Å². The Balaban J connectivity index is 2.09. The Bertz CT molecular complexity index is 391. The number of carbonyl (C=O) groups is 1. The minimum Gasteiger partial charge on any atom is -0.382 e. The Morgan fingerprint density at radius 2 is 1.88 bits per heavy atom. The van der Waals surface area contributed by atoms with E-state index in [0.29, 0.717) is 5.56 Å². The van der Waals surface area contributed by atoms with Gasteiger partial charge in [0.15, 0.2) is 0 Å². The Kier molecular flexibility index (Phi) is 2.87. The fraction of sp³-hybridized carbons (Fsp3) is 0.417. The highest BCUT2D eigenvalue weighted by Gasteiger charge is 2.44. The van der Waals surface area contributed by atoms with E-state index in [2.05, 4.69) is 20.8 Å². The zero-order valence-corrected chi connectivity index (χ0v) is 9.77. The van der Waals surface area contributed by atoms with Crippen molar-refractivity contribution in [3.63, 3.8) is 0 Å². The molecule has 0 aromatic heterocycles. The summed E-state index contributed by atoms with van der Waals surface area (Å²) in [4.78, 5) is 10.8. The van der Waals surface area contributed by atoms with Crippen LogP contribution in [0.4, 0.5) is 0 Å². The lowest BCUT2D eigenvalue weighted by atomic mass is 9.72. The van der Waals surface area contributed by atoms with Gasteiger partial charge in [-0.1, -0.05) is 45.0 Å². The van der Waals surface area contributed by atoms with Crippen LogP contribution in [0.1, 0.15) is 31.1 Å². The second kappa shape index (κ2) is 4.03. The average molecular weight is 218 g/mol. The number of benzene rings is 1. The number of rotatable bonds is 2. The minimum atomic E-state index is -0.398. The van der Waals surface area contributed by atoms with Crippen molar-refractivity contribution in [1.29, 1.82) is 0 Å². The standard InChI is InChI=1S/C12H15BO3/c1-12(2,3)11-15-13(16-11)10-7-5-4-6-9(10)8-14/h4-8,11H,1-3H3. The molecule has 1 aromatic carbocycles. The van der Waals surface area contributed by atoms with Crippen LogP contribution in [0.3, 0.4) is 0 Å². The summed E-state index contributed by atoms with van der Waals surface area (Å²) in [5.74, 6) is 0. The second-order valence-electron chi connectivity index (χ2n) is 5.05. The first-order chi connectivity index (χ1) is 7.52. The van der Waals surface area contributed by atoms with Crippen molar-refractivity contribution in [2.75, 3.05) is 0 Å². The number of carbonyl (C=O) groups excluding carboxylic acids is 1. The third-order valence-electron chi connectivity index (χ3n) is 2.58. The summed E-state index contributed by atoms with van der Waals surface area (Å²) >= 11 is 0. The summed E-state index contributed by atoms with van der Waals surface area (Å²) in [5.41, 5.74) is 1.39. The first-order valence-electron chi connectivity index (χ1n) is 5.37. The SMILES string of the molecule is CC(C)(C)C1OB(c2ccccc2C=O)O1. The first kappa shape index (κ1) is 11.4. The molecule has 84 valence electrons. The van der Waals surface area contributed by atoms with Gasteiger partial charge in [0, 0.05) is 11.0 Å². The van der Waals surface area contributed by atoms with Crippen LogP contribution < -0.4 is 5.46 Å². The van der Waals surface area contributed by atoms with E-state index in [4.69, 9.17) is 9.31 Å². The van der Waals surface area contributed by atoms with E-state index < -0.39 is 7.12 Å². The Morgan fingerprint density at radius 1 is 1.25 bits per heavy atom. The molecule has 16 heavy (non-hydrogen) atoms. The molecule has 1 heterocycles. The second-order valence-corrected chi connectivity index (χ2v) is 5.05. The highest BCUT2D eigenvalue weighted by atomic mass is 16.8. The van der Waals surface area contributed by atoms with E-state index in [9.17, 15) is 4.79 Å². The summed E-state index contributed by atoms with van der Waals surface area (Å²) < 4.78 is 11.3. The van der Waals surface area contributed by atoms with Crippen LogP contribution in [0.25, 0.3) is 0 Å². The maximum Gasteiger partial charge on any atom is 0.498 e. The average Bonchev–Trinajstić information content (AvgIpc) is 2.14. The summed E-state index contributed by atoms with van der Waals surface area (Å²) in [7, 11) is -0.398. The van der Waals surface area contributed by atoms with Gasteiger partial charge in [-0.3, -0.25) is 4.79 Å². The molecule has 0 N–H and O–H groups in total. The van der Waals surface area contributed by atoms with Crippen LogP contribution in [0.2, 0.25) is 0 Å². The number of hydrogen-bond donors (Lipinski definition) is 0. The summed E-state index contributed by atoms with van der Waals surface area (Å²) in [6, 6.07) is 7.32. The zero-order valence-electron chi connectivity index (χ0n) is 9.77. The zero-order chi connectivity index (χ0) is 11.8. The van der Waals surface area contributed by atoms with Crippen molar-refractivity contribution in [2.45, 2.75) is 27.1 Å². The quantitative estimate of drug-likeness (QED) is 0.558. The van der Waals surface area contributed by atoms with Gasteiger partial charge in [0.1, 0.15) is 12.6 Å². The van der Waals surface area contributed by atoms with Crippen molar-refractivity contribution in [3.05, 3.63) is 29.8 Å². The van der Waals surface area contributed by atoms with Gasteiger partial charge in [-0.25, -0.2) is 0 Å².